The van der Waals surface area contributed by atoms with Crippen LogP contribution in [-0.2, 0) is 0 Å². The highest BCUT2D eigenvalue weighted by Crippen LogP contribution is 2.44. The molecule has 0 saturated carbocycles. The molecule has 0 amide bonds. The molecule has 0 saturated heterocycles. The average molecular weight is 535 g/mol. The van der Waals surface area contributed by atoms with Crippen molar-refractivity contribution in [2.24, 2.45) is 0 Å². The van der Waals surface area contributed by atoms with Gasteiger partial charge in [0, 0.05) is 32.9 Å². The number of hydrogen-bond donors (Lipinski definition) is 0. The van der Waals surface area contributed by atoms with Gasteiger partial charge in [-0.3, -0.25) is 0 Å². The van der Waals surface area contributed by atoms with E-state index in [1.807, 2.05) is 30.3 Å². The van der Waals surface area contributed by atoms with Crippen molar-refractivity contribution >= 4 is 49.3 Å². The molecule has 0 spiro atoms. The highest BCUT2D eigenvalue weighted by atomic mass is 15.0. The maximum atomic E-state index is 9.92. The van der Waals surface area contributed by atoms with Gasteiger partial charge in [-0.25, -0.2) is 4.85 Å². The van der Waals surface area contributed by atoms with Crippen molar-refractivity contribution in [3.8, 4) is 28.6 Å². The summed E-state index contributed by atoms with van der Waals surface area (Å²) in [6.45, 7) is 8.08. The standard InChI is InChI=1S/C38H22N4/c1-40-37-25(24-39)12-11-18-31(37)33-23-27(41-34-19-8-5-15-28(34)29-16-6-9-20-35(29)41)22-32-30-17-7-10-21-36(30)42(38(32)33)26-13-3-2-4-14-26/h2-23H. The van der Waals surface area contributed by atoms with E-state index < -0.39 is 0 Å². The fourth-order valence-electron chi connectivity index (χ4n) is 6.43. The topological polar surface area (TPSA) is 38.0 Å². The maximum absolute atomic E-state index is 9.92. The van der Waals surface area contributed by atoms with Gasteiger partial charge in [0.1, 0.15) is 0 Å². The zero-order valence-corrected chi connectivity index (χ0v) is 22.5. The van der Waals surface area contributed by atoms with E-state index in [1.165, 1.54) is 10.8 Å². The van der Waals surface area contributed by atoms with Crippen LogP contribution in [0.2, 0.25) is 0 Å². The van der Waals surface area contributed by atoms with Gasteiger partial charge in [-0.15, -0.1) is 0 Å². The van der Waals surface area contributed by atoms with Gasteiger partial charge in [0.25, 0.3) is 0 Å². The average Bonchev–Trinajstić information content (AvgIpc) is 3.57. The molecule has 0 unspecified atom stereocenters. The lowest BCUT2D eigenvalue weighted by molar-refractivity contribution is 1.17. The van der Waals surface area contributed by atoms with Crippen LogP contribution in [0.25, 0.3) is 71.0 Å². The highest BCUT2D eigenvalue weighted by molar-refractivity contribution is 6.16. The minimum atomic E-state index is 0.366. The summed E-state index contributed by atoms with van der Waals surface area (Å²) in [6, 6.07) is 48.0. The number of aromatic nitrogens is 2. The van der Waals surface area contributed by atoms with E-state index in [0.29, 0.717) is 11.3 Å². The third-order valence-electron chi connectivity index (χ3n) is 8.16. The minimum Gasteiger partial charge on any atom is -0.309 e. The molecule has 2 heterocycles. The summed E-state index contributed by atoms with van der Waals surface area (Å²) in [4.78, 5) is 3.88. The third-order valence-corrected chi connectivity index (χ3v) is 8.16. The molecule has 2 aromatic heterocycles. The molecule has 8 rings (SSSR count). The Morgan fingerprint density at radius 2 is 1.10 bits per heavy atom. The first-order valence-electron chi connectivity index (χ1n) is 13.8. The Bertz CT molecular complexity index is 2380. The molecule has 0 radical (unpaired) electrons. The molecule has 8 aromatic rings. The minimum absolute atomic E-state index is 0.366. The van der Waals surface area contributed by atoms with Crippen LogP contribution in [0.15, 0.2) is 133 Å². The fourth-order valence-corrected chi connectivity index (χ4v) is 6.43. The van der Waals surface area contributed by atoms with Crippen LogP contribution in [-0.4, -0.2) is 9.13 Å². The zero-order chi connectivity index (χ0) is 28.2. The Labute approximate surface area is 242 Å². The van der Waals surface area contributed by atoms with Crippen LogP contribution in [0.4, 0.5) is 5.69 Å². The molecule has 4 nitrogen and oxygen atoms in total. The predicted molar refractivity (Wildman–Crippen MR) is 172 cm³/mol. The van der Waals surface area contributed by atoms with Gasteiger partial charge in [0.05, 0.1) is 40.3 Å². The fraction of sp³-hybridized carbons (Fsp3) is 0. The molecule has 0 atom stereocenters. The lowest BCUT2D eigenvalue weighted by atomic mass is 9.97. The van der Waals surface area contributed by atoms with Crippen molar-refractivity contribution in [2.45, 2.75) is 0 Å². The summed E-state index contributed by atoms with van der Waals surface area (Å²) < 4.78 is 4.59. The Morgan fingerprint density at radius 3 is 1.71 bits per heavy atom. The number of nitrogens with zero attached hydrogens (tertiary/aromatic N) is 4. The van der Waals surface area contributed by atoms with Gasteiger partial charge in [-0.05, 0) is 53.6 Å². The summed E-state index contributed by atoms with van der Waals surface area (Å²) in [5.74, 6) is 0. The van der Waals surface area contributed by atoms with E-state index in [2.05, 4.69) is 117 Å². The van der Waals surface area contributed by atoms with E-state index in [1.54, 1.807) is 6.07 Å². The van der Waals surface area contributed by atoms with Crippen molar-refractivity contribution in [1.82, 2.24) is 9.13 Å². The highest BCUT2D eigenvalue weighted by Gasteiger charge is 2.22. The molecule has 0 bridgehead atoms. The van der Waals surface area contributed by atoms with Crippen molar-refractivity contribution in [3.05, 3.63) is 150 Å². The second-order valence-corrected chi connectivity index (χ2v) is 10.4. The molecule has 4 heteroatoms. The van der Waals surface area contributed by atoms with E-state index in [0.717, 1.165) is 55.3 Å². The molecule has 194 valence electrons. The number of para-hydroxylation sites is 5. The molecule has 42 heavy (non-hydrogen) atoms. The lowest BCUT2D eigenvalue weighted by Crippen LogP contribution is -1.99. The summed E-state index contributed by atoms with van der Waals surface area (Å²) in [5.41, 5.74) is 8.76. The van der Waals surface area contributed by atoms with Crippen LogP contribution in [0.1, 0.15) is 5.56 Å². The quantitative estimate of drug-likeness (QED) is 0.208. The van der Waals surface area contributed by atoms with Gasteiger partial charge >= 0.3 is 0 Å². The van der Waals surface area contributed by atoms with Crippen molar-refractivity contribution in [1.29, 1.82) is 5.26 Å². The monoisotopic (exact) mass is 534 g/mol. The van der Waals surface area contributed by atoms with Gasteiger partial charge < -0.3 is 9.13 Å². The van der Waals surface area contributed by atoms with Crippen LogP contribution in [0.5, 0.6) is 0 Å². The largest absolute Gasteiger partial charge is 0.309 e. The van der Waals surface area contributed by atoms with Crippen molar-refractivity contribution in [3.63, 3.8) is 0 Å². The van der Waals surface area contributed by atoms with E-state index in [-0.39, 0.29) is 0 Å². The molecule has 0 aliphatic heterocycles. The Morgan fingerprint density at radius 1 is 0.524 bits per heavy atom. The summed E-state index contributed by atoms with van der Waals surface area (Å²) in [7, 11) is 0. The predicted octanol–water partition coefficient (Wildman–Crippen LogP) is 9.97. The van der Waals surface area contributed by atoms with E-state index >= 15 is 0 Å². The van der Waals surface area contributed by atoms with Crippen LogP contribution in [0, 0.1) is 17.9 Å². The van der Waals surface area contributed by atoms with Gasteiger partial charge in [0.15, 0.2) is 0 Å². The van der Waals surface area contributed by atoms with E-state index in [4.69, 9.17) is 6.57 Å². The number of rotatable bonds is 3. The summed E-state index contributed by atoms with van der Waals surface area (Å²) >= 11 is 0. The summed E-state index contributed by atoms with van der Waals surface area (Å²) in [5, 5.41) is 14.5. The second-order valence-electron chi connectivity index (χ2n) is 10.4. The van der Waals surface area contributed by atoms with Gasteiger partial charge in [-0.1, -0.05) is 91.0 Å². The number of hydrogen-bond acceptors (Lipinski definition) is 1. The third kappa shape index (κ3) is 3.33. The summed E-state index contributed by atoms with van der Waals surface area (Å²) in [6.07, 6.45) is 0. The van der Waals surface area contributed by atoms with E-state index in [9.17, 15) is 5.26 Å². The van der Waals surface area contributed by atoms with Gasteiger partial charge in [-0.2, -0.15) is 5.26 Å². The Kier molecular flexibility index (Phi) is 5.22. The zero-order valence-electron chi connectivity index (χ0n) is 22.5. The van der Waals surface area contributed by atoms with Crippen molar-refractivity contribution in [2.75, 3.05) is 0 Å². The molecular weight excluding hydrogens is 512 g/mol. The van der Waals surface area contributed by atoms with Gasteiger partial charge in [0.2, 0.25) is 5.69 Å². The maximum Gasteiger partial charge on any atom is 0.212 e. The lowest BCUT2D eigenvalue weighted by Gasteiger charge is -2.16. The normalized spacial score (nSPS) is 11.3. The van der Waals surface area contributed by atoms with Crippen LogP contribution < -0.4 is 0 Å². The Balaban J connectivity index is 1.61. The second kappa shape index (κ2) is 9.24. The van der Waals surface area contributed by atoms with Crippen molar-refractivity contribution < 1.29 is 0 Å². The number of nitriles is 1. The molecule has 0 aliphatic rings. The first kappa shape index (κ1) is 23.8. The number of benzene rings is 6. The number of fused-ring (bicyclic) bond motifs is 6. The molecule has 0 aliphatic carbocycles. The van der Waals surface area contributed by atoms with Crippen LogP contribution >= 0.6 is 0 Å². The Hall–Kier alpha value is -6.10. The SMILES string of the molecule is [C-]#[N+]c1c(C#N)cccc1-c1cc(-n2c3ccccc3c3ccccc32)cc2c3ccccc3n(-c3ccccc3)c12. The molecule has 6 aromatic carbocycles. The molecule has 0 N–H and O–H groups in total. The van der Waals surface area contributed by atoms with Crippen LogP contribution in [0.3, 0.4) is 0 Å². The first-order valence-corrected chi connectivity index (χ1v) is 13.8. The molecule has 0 fully saturated rings. The smallest absolute Gasteiger partial charge is 0.212 e. The molecular formula is C38H22N4. The first-order chi connectivity index (χ1) is 20.8.